The summed E-state index contributed by atoms with van der Waals surface area (Å²) >= 11 is 0. The lowest BCUT2D eigenvalue weighted by Crippen LogP contribution is -2.62. The monoisotopic (exact) mass is 503 g/mol. The van der Waals surface area contributed by atoms with Crippen LogP contribution in [0.1, 0.15) is 130 Å². The van der Waals surface area contributed by atoms with Crippen LogP contribution >= 0.6 is 0 Å². The van der Waals surface area contributed by atoms with E-state index in [-0.39, 0.29) is 6.61 Å². The van der Waals surface area contributed by atoms with Crippen LogP contribution in [0.5, 0.6) is 0 Å². The van der Waals surface area contributed by atoms with Crippen LogP contribution in [-0.4, -0.2) is 59.9 Å². The molecule has 210 valence electrons. The second-order valence-corrected chi connectivity index (χ2v) is 13.4. The molecule has 4 rings (SSSR count). The molecule has 3 N–H and O–H groups in total. The fraction of sp³-hybridized carbons (Fsp3) is 1.00. The van der Waals surface area contributed by atoms with Gasteiger partial charge in [-0.1, -0.05) is 77.6 Å². The zero-order valence-corrected chi connectivity index (χ0v) is 24.2. The Morgan fingerprint density at radius 1 is 0.778 bits per heavy atom. The van der Waals surface area contributed by atoms with Crippen LogP contribution in [0.15, 0.2) is 0 Å². The summed E-state index contributed by atoms with van der Waals surface area (Å²) in [6.45, 7) is 9.84. The maximum absolute atomic E-state index is 9.74. The van der Waals surface area contributed by atoms with E-state index in [0.29, 0.717) is 30.1 Å². The highest BCUT2D eigenvalue weighted by molar-refractivity contribution is 4.98. The second-order valence-electron chi connectivity index (χ2n) is 13.4. The van der Waals surface area contributed by atoms with Gasteiger partial charge in [-0.2, -0.15) is 0 Å². The second kappa shape index (κ2) is 14.8. The first kappa shape index (κ1) is 28.8. The number of aliphatic hydroxyl groups is 1. The van der Waals surface area contributed by atoms with Crippen molar-refractivity contribution in [2.75, 3.05) is 19.7 Å². The molecule has 0 bridgehead atoms. The standard InChI is InChI=1S/C32H61N3O/c1-24(32(34-21-22-36)29-18-17-28(23-29)27-13-11-12-14-27)25(2)35(26(3)31-19-20-33-31)30-15-9-7-5-4-6-8-10-16-30/h24-34,36H,4-23H2,1-3H3. The van der Waals surface area contributed by atoms with E-state index < -0.39 is 0 Å². The van der Waals surface area contributed by atoms with Gasteiger partial charge >= 0.3 is 0 Å². The lowest BCUT2D eigenvalue weighted by atomic mass is 9.80. The molecule has 36 heavy (non-hydrogen) atoms. The van der Waals surface area contributed by atoms with Crippen LogP contribution in [0.4, 0.5) is 0 Å². The molecule has 0 radical (unpaired) electrons. The molecule has 4 heteroatoms. The number of aliphatic hydroxyl groups excluding tert-OH is 1. The van der Waals surface area contributed by atoms with E-state index in [4.69, 9.17) is 0 Å². The van der Waals surface area contributed by atoms with Crippen LogP contribution in [0.2, 0.25) is 0 Å². The van der Waals surface area contributed by atoms with Crippen molar-refractivity contribution in [2.24, 2.45) is 23.7 Å². The number of nitrogens with zero attached hydrogens (tertiary/aromatic N) is 1. The average Bonchev–Trinajstić information content (AvgIpc) is 3.54. The van der Waals surface area contributed by atoms with Crippen molar-refractivity contribution in [3.63, 3.8) is 0 Å². The van der Waals surface area contributed by atoms with Crippen molar-refractivity contribution >= 4 is 0 Å². The maximum atomic E-state index is 9.74. The molecule has 1 aliphatic heterocycles. The van der Waals surface area contributed by atoms with Gasteiger partial charge in [0.2, 0.25) is 0 Å². The molecule has 1 heterocycles. The summed E-state index contributed by atoms with van der Waals surface area (Å²) in [5, 5.41) is 17.4. The van der Waals surface area contributed by atoms with Crippen molar-refractivity contribution < 1.29 is 5.11 Å². The molecule has 1 saturated heterocycles. The van der Waals surface area contributed by atoms with E-state index in [1.165, 1.54) is 116 Å². The van der Waals surface area contributed by atoms with Gasteiger partial charge < -0.3 is 15.7 Å². The van der Waals surface area contributed by atoms with E-state index in [2.05, 4.69) is 36.3 Å². The lowest BCUT2D eigenvalue weighted by Gasteiger charge is -2.50. The first-order valence-electron chi connectivity index (χ1n) is 16.4. The van der Waals surface area contributed by atoms with Crippen LogP contribution in [0.3, 0.4) is 0 Å². The Morgan fingerprint density at radius 3 is 1.97 bits per heavy atom. The van der Waals surface area contributed by atoms with E-state index in [9.17, 15) is 5.11 Å². The lowest BCUT2D eigenvalue weighted by molar-refractivity contribution is 0.0106. The van der Waals surface area contributed by atoms with Crippen molar-refractivity contribution in [3.8, 4) is 0 Å². The first-order chi connectivity index (χ1) is 17.6. The Hall–Kier alpha value is -0.160. The van der Waals surface area contributed by atoms with E-state index in [1.807, 2.05) is 0 Å². The zero-order chi connectivity index (χ0) is 25.3. The third kappa shape index (κ3) is 7.48. The summed E-state index contributed by atoms with van der Waals surface area (Å²) in [5.74, 6) is 3.35. The van der Waals surface area contributed by atoms with Crippen molar-refractivity contribution in [2.45, 2.75) is 160 Å². The molecule has 0 amide bonds. The van der Waals surface area contributed by atoms with Gasteiger partial charge in [0.05, 0.1) is 6.61 Å². The molecule has 4 aliphatic rings. The SMILES string of the molecule is CC(C(NCCO)C1CCC(C2CCCC2)C1)C(C)N(C1CCCCCCCCC1)C(C)C1CCN1. The molecule has 0 aromatic rings. The van der Waals surface area contributed by atoms with Crippen LogP contribution in [-0.2, 0) is 0 Å². The highest BCUT2D eigenvalue weighted by Gasteiger charge is 2.42. The Morgan fingerprint density at radius 2 is 1.39 bits per heavy atom. The third-order valence-electron chi connectivity index (χ3n) is 11.3. The van der Waals surface area contributed by atoms with Gasteiger partial charge in [0.15, 0.2) is 0 Å². The molecule has 0 spiro atoms. The Bertz CT molecular complexity index is 594. The van der Waals surface area contributed by atoms with Gasteiger partial charge in [0.1, 0.15) is 0 Å². The average molecular weight is 504 g/mol. The number of nitrogens with one attached hydrogen (secondary N) is 2. The Kier molecular flexibility index (Phi) is 11.9. The fourth-order valence-corrected chi connectivity index (χ4v) is 8.87. The highest BCUT2D eigenvalue weighted by Crippen LogP contribution is 2.45. The minimum absolute atomic E-state index is 0.255. The molecular formula is C32H61N3O. The molecule has 0 aromatic heterocycles. The predicted octanol–water partition coefficient (Wildman–Crippen LogP) is 6.51. The quantitative estimate of drug-likeness (QED) is 0.301. The van der Waals surface area contributed by atoms with Crippen molar-refractivity contribution in [1.29, 1.82) is 0 Å². The smallest absolute Gasteiger partial charge is 0.0556 e. The normalized spacial score (nSPS) is 32.8. The van der Waals surface area contributed by atoms with Gasteiger partial charge in [-0.15, -0.1) is 0 Å². The number of rotatable bonds is 11. The molecule has 4 fully saturated rings. The Labute approximate surface area is 224 Å². The van der Waals surface area contributed by atoms with Crippen molar-refractivity contribution in [3.05, 3.63) is 0 Å². The predicted molar refractivity (Wildman–Crippen MR) is 153 cm³/mol. The van der Waals surface area contributed by atoms with Gasteiger partial charge in [0, 0.05) is 36.8 Å². The summed E-state index contributed by atoms with van der Waals surface area (Å²) in [6, 6.07) is 3.10. The Balaban J connectivity index is 1.48. The number of hydrogen-bond acceptors (Lipinski definition) is 4. The molecular weight excluding hydrogens is 442 g/mol. The summed E-state index contributed by atoms with van der Waals surface area (Å²) in [4.78, 5) is 3.01. The maximum Gasteiger partial charge on any atom is 0.0556 e. The highest BCUT2D eigenvalue weighted by atomic mass is 16.3. The summed E-state index contributed by atoms with van der Waals surface area (Å²) in [6.07, 6.45) is 24.3. The summed E-state index contributed by atoms with van der Waals surface area (Å²) < 4.78 is 0. The minimum Gasteiger partial charge on any atom is -0.395 e. The third-order valence-corrected chi connectivity index (χ3v) is 11.3. The van der Waals surface area contributed by atoms with Gasteiger partial charge in [-0.25, -0.2) is 0 Å². The number of hydrogen-bond donors (Lipinski definition) is 3. The van der Waals surface area contributed by atoms with Crippen LogP contribution in [0, 0.1) is 23.7 Å². The molecule has 0 aromatic carbocycles. The topological polar surface area (TPSA) is 47.5 Å². The fourth-order valence-electron chi connectivity index (χ4n) is 8.87. The molecule has 3 aliphatic carbocycles. The molecule has 4 nitrogen and oxygen atoms in total. The van der Waals surface area contributed by atoms with Crippen LogP contribution < -0.4 is 10.6 Å². The molecule has 3 saturated carbocycles. The first-order valence-corrected chi connectivity index (χ1v) is 16.4. The van der Waals surface area contributed by atoms with Gasteiger partial charge in [-0.05, 0) is 82.6 Å². The van der Waals surface area contributed by atoms with Gasteiger partial charge in [0.25, 0.3) is 0 Å². The van der Waals surface area contributed by atoms with Crippen LogP contribution in [0.25, 0.3) is 0 Å². The zero-order valence-electron chi connectivity index (χ0n) is 24.2. The minimum atomic E-state index is 0.255. The van der Waals surface area contributed by atoms with E-state index >= 15 is 0 Å². The van der Waals surface area contributed by atoms with E-state index in [0.717, 1.165) is 30.3 Å². The largest absolute Gasteiger partial charge is 0.395 e. The van der Waals surface area contributed by atoms with Gasteiger partial charge in [-0.3, -0.25) is 4.90 Å². The summed E-state index contributed by atoms with van der Waals surface area (Å²) in [7, 11) is 0. The molecule has 7 atom stereocenters. The van der Waals surface area contributed by atoms with E-state index in [1.54, 1.807) is 0 Å². The molecule has 7 unspecified atom stereocenters. The summed E-state index contributed by atoms with van der Waals surface area (Å²) in [5.41, 5.74) is 0. The van der Waals surface area contributed by atoms with Crippen molar-refractivity contribution in [1.82, 2.24) is 15.5 Å².